The third-order valence-corrected chi connectivity index (χ3v) is 14.7. The van der Waals surface area contributed by atoms with Crippen molar-refractivity contribution in [2.75, 3.05) is 0 Å². The zero-order valence-electron chi connectivity index (χ0n) is 28.6. The highest BCUT2D eigenvalue weighted by atomic mass is 16.8. The van der Waals surface area contributed by atoms with Gasteiger partial charge in [0.15, 0.2) is 17.5 Å². The van der Waals surface area contributed by atoms with Crippen molar-refractivity contribution in [3.63, 3.8) is 0 Å². The Labute approximate surface area is 281 Å². The molecule has 3 heterocycles. The first-order valence-electron chi connectivity index (χ1n) is 17.0. The molecule has 0 aromatic carbocycles. The van der Waals surface area contributed by atoms with Crippen LogP contribution in [0.4, 0.5) is 0 Å². The zero-order chi connectivity index (χ0) is 35.9. The van der Waals surface area contributed by atoms with Gasteiger partial charge >= 0.3 is 23.9 Å². The lowest BCUT2D eigenvalue weighted by molar-refractivity contribution is -0.279. The number of carbonyl (C=O) groups excluding carboxylic acids is 5. The average molecular weight is 693 g/mol. The molecule has 8 aliphatic rings. The molecule has 0 radical (unpaired) electrons. The minimum absolute atomic E-state index is 0.190. The van der Waals surface area contributed by atoms with E-state index in [0.29, 0.717) is 0 Å². The Morgan fingerprint density at radius 1 is 0.816 bits per heavy atom. The first-order chi connectivity index (χ1) is 22.6. The Balaban J connectivity index is 1.40. The minimum Gasteiger partial charge on any atom is -0.459 e. The monoisotopic (exact) mass is 692 g/mol. The van der Waals surface area contributed by atoms with Gasteiger partial charge in [-0.2, -0.15) is 0 Å². The summed E-state index contributed by atoms with van der Waals surface area (Å²) in [7, 11) is 0. The summed E-state index contributed by atoms with van der Waals surface area (Å²) < 4.78 is 35.7. The fourth-order valence-corrected chi connectivity index (χ4v) is 12.9. The van der Waals surface area contributed by atoms with Crippen molar-refractivity contribution in [2.24, 2.45) is 51.8 Å². The van der Waals surface area contributed by atoms with E-state index in [1.54, 1.807) is 20.8 Å². The summed E-state index contributed by atoms with van der Waals surface area (Å²) in [6.45, 7) is 11.2. The van der Waals surface area contributed by atoms with Crippen LogP contribution in [-0.2, 0) is 52.4 Å². The Hall–Kier alpha value is -2.69. The lowest BCUT2D eigenvalue weighted by atomic mass is 9.40. The van der Waals surface area contributed by atoms with Crippen molar-refractivity contribution in [3.8, 4) is 0 Å². The van der Waals surface area contributed by atoms with E-state index in [4.69, 9.17) is 28.4 Å². The number of epoxide rings is 2. The second kappa shape index (κ2) is 9.39. The van der Waals surface area contributed by atoms with Crippen LogP contribution < -0.4 is 0 Å². The number of aliphatic hydroxyl groups is 4. The molecule has 20 atom stereocenters. The zero-order valence-corrected chi connectivity index (χ0v) is 28.6. The van der Waals surface area contributed by atoms with E-state index < -0.39 is 147 Å². The highest BCUT2D eigenvalue weighted by Gasteiger charge is 2.95. The predicted octanol–water partition coefficient (Wildman–Crippen LogP) is -0.832. The van der Waals surface area contributed by atoms with Crippen LogP contribution in [0.25, 0.3) is 0 Å². The van der Waals surface area contributed by atoms with Gasteiger partial charge in [-0.15, -0.1) is 0 Å². The van der Waals surface area contributed by atoms with Crippen molar-refractivity contribution in [1.29, 1.82) is 0 Å². The number of ether oxygens (including phenoxy) is 6. The van der Waals surface area contributed by atoms with E-state index in [1.165, 1.54) is 20.8 Å². The van der Waals surface area contributed by atoms with Gasteiger partial charge in [0, 0.05) is 67.1 Å². The van der Waals surface area contributed by atoms with Crippen molar-refractivity contribution in [1.82, 2.24) is 0 Å². The van der Waals surface area contributed by atoms with Gasteiger partial charge in [-0.1, -0.05) is 13.8 Å². The van der Waals surface area contributed by atoms with Crippen molar-refractivity contribution >= 4 is 29.7 Å². The van der Waals surface area contributed by atoms with Crippen LogP contribution in [0.5, 0.6) is 0 Å². The first-order valence-corrected chi connectivity index (χ1v) is 17.0. The number of ketones is 1. The molecule has 0 amide bonds. The van der Waals surface area contributed by atoms with Gasteiger partial charge in [0.2, 0.25) is 0 Å². The number of Topliss-reactive ketones (excluding diaryl/α,β-unsaturated/α-hetero) is 1. The molecule has 5 aliphatic carbocycles. The molecule has 5 saturated carbocycles. The summed E-state index contributed by atoms with van der Waals surface area (Å²) in [5.74, 6) is -12.4. The van der Waals surface area contributed by atoms with Crippen LogP contribution in [0.2, 0.25) is 0 Å². The summed E-state index contributed by atoms with van der Waals surface area (Å²) in [5, 5.41) is 49.2. The van der Waals surface area contributed by atoms with E-state index in [2.05, 4.69) is 0 Å². The molecule has 15 nitrogen and oxygen atoms in total. The van der Waals surface area contributed by atoms with E-state index in [1.807, 2.05) is 0 Å². The molecule has 8 rings (SSSR count). The van der Waals surface area contributed by atoms with Crippen LogP contribution in [0.1, 0.15) is 61.8 Å². The number of hydrogen-bond acceptors (Lipinski definition) is 15. The molecule has 0 bridgehead atoms. The fraction of sp³-hybridized carbons (Fsp3) is 0.853. The lowest BCUT2D eigenvalue weighted by Gasteiger charge is -2.65. The molecule has 0 aromatic heterocycles. The van der Waals surface area contributed by atoms with Crippen molar-refractivity contribution in [2.45, 2.75) is 128 Å². The van der Waals surface area contributed by atoms with Gasteiger partial charge < -0.3 is 48.8 Å². The number of carbonyl (C=O) groups is 5. The molecule has 15 heteroatoms. The smallest absolute Gasteiger partial charge is 0.341 e. The van der Waals surface area contributed by atoms with Gasteiger partial charge in [0.05, 0.1) is 23.2 Å². The first kappa shape index (κ1) is 33.5. The third kappa shape index (κ3) is 3.52. The maximum Gasteiger partial charge on any atom is 0.341 e. The van der Waals surface area contributed by atoms with Crippen LogP contribution >= 0.6 is 0 Å². The van der Waals surface area contributed by atoms with Gasteiger partial charge in [0.25, 0.3) is 5.79 Å². The second-order valence-electron chi connectivity index (χ2n) is 16.8. The van der Waals surface area contributed by atoms with E-state index in [0.717, 1.165) is 13.8 Å². The molecule has 3 aliphatic heterocycles. The Morgan fingerprint density at radius 3 is 2.00 bits per heavy atom. The van der Waals surface area contributed by atoms with E-state index >= 15 is 0 Å². The second-order valence-corrected chi connectivity index (χ2v) is 16.8. The maximum atomic E-state index is 14.4. The lowest BCUT2D eigenvalue weighted by Crippen LogP contribution is -2.75. The predicted molar refractivity (Wildman–Crippen MR) is 157 cm³/mol. The number of esters is 4. The third-order valence-electron chi connectivity index (χ3n) is 14.7. The molecule has 4 N–H and O–H groups in total. The number of fused-ring (bicyclic) bond motifs is 9. The molecule has 0 aromatic rings. The molecule has 8 fully saturated rings. The normalized spacial score (nSPS) is 60.2. The van der Waals surface area contributed by atoms with Crippen molar-refractivity contribution < 1.29 is 72.8 Å². The Morgan fingerprint density at radius 2 is 1.41 bits per heavy atom. The van der Waals surface area contributed by atoms with Gasteiger partial charge in [-0.25, -0.2) is 4.79 Å². The number of aliphatic hydroxyl groups excluding tert-OH is 2. The number of hydrogen-bond donors (Lipinski definition) is 4. The Bertz CT molecular complexity index is 1590. The standard InChI is InChI=1S/C34H44O15/c1-10(35)44-23-17-15(20(39)19(38)13-9-14-22(47-14)25(29(13,17)4)45-11(2)36)16-21(40)18-24(30(16,5)26(23)46-12(3)37)31(6,42)27-34(48-27)32(18,7)33(8,43)28(41)49-34/h13-18,20-27,39-40,42-43H,9H2,1-8H3/t13-,14+,15+,16-,17?,18-,20-,21-,22+,23+,24+,25+,26+,27+,29+,30+,31+,32+,33-,34-/m1/s1. The highest BCUT2D eigenvalue weighted by Crippen LogP contribution is 2.81. The average Bonchev–Trinajstić information content (AvgIpc) is 3.88. The molecule has 3 saturated heterocycles. The molecule has 1 spiro atoms. The van der Waals surface area contributed by atoms with Gasteiger partial charge in [-0.3, -0.25) is 19.2 Å². The summed E-state index contributed by atoms with van der Waals surface area (Å²) in [4.78, 5) is 66.3. The fourth-order valence-electron chi connectivity index (χ4n) is 12.9. The molecule has 1 unspecified atom stereocenters. The van der Waals surface area contributed by atoms with Gasteiger partial charge in [-0.05, 0) is 27.2 Å². The summed E-state index contributed by atoms with van der Waals surface area (Å²) in [6, 6.07) is 0. The van der Waals surface area contributed by atoms with Crippen LogP contribution in [0, 0.1) is 51.8 Å². The summed E-state index contributed by atoms with van der Waals surface area (Å²) >= 11 is 0. The van der Waals surface area contributed by atoms with Crippen LogP contribution in [0.15, 0.2) is 0 Å². The van der Waals surface area contributed by atoms with E-state index in [9.17, 15) is 44.4 Å². The molecule has 49 heavy (non-hydrogen) atoms. The SMILES string of the molecule is CC(=O)O[C@H]1C2[C@H]([C@@H]3[C@@H](O)[C@@H]4[C@H]([C@](C)(O)[C@@H]5O[C@@]56OC(=O)[C@@](C)(O)[C@]46C)[C@@]3(C)[C@H]1OC(C)=O)[C@@H](O)C(=O)[C@H]1C[C@@H]3O[C@@H]3[C@H](OC(C)=O)[C@]21C. The van der Waals surface area contributed by atoms with Crippen molar-refractivity contribution in [3.05, 3.63) is 0 Å². The quantitative estimate of drug-likeness (QED) is 0.161. The topological polar surface area (TPSA) is 228 Å². The largest absolute Gasteiger partial charge is 0.459 e. The Kier molecular flexibility index (Phi) is 6.41. The van der Waals surface area contributed by atoms with Gasteiger partial charge in [0.1, 0.15) is 30.5 Å². The minimum atomic E-state index is -2.24. The highest BCUT2D eigenvalue weighted by molar-refractivity contribution is 5.88. The molecule has 270 valence electrons. The molecular weight excluding hydrogens is 648 g/mol. The maximum absolute atomic E-state index is 14.4. The molecular formula is C34H44O15. The summed E-state index contributed by atoms with van der Waals surface area (Å²) in [6.07, 6.45) is -9.16. The van der Waals surface area contributed by atoms with Crippen LogP contribution in [-0.4, -0.2) is 116 Å². The number of rotatable bonds is 3. The van der Waals surface area contributed by atoms with Crippen LogP contribution in [0.3, 0.4) is 0 Å². The summed E-state index contributed by atoms with van der Waals surface area (Å²) in [5.41, 5.74) is -8.82. The van der Waals surface area contributed by atoms with E-state index in [-0.39, 0.29) is 6.42 Å².